The van der Waals surface area contributed by atoms with Crippen molar-refractivity contribution in [2.24, 2.45) is 0 Å². The molecule has 0 amide bonds. The number of aryl methyl sites for hydroxylation is 1. The number of anilines is 1. The van der Waals surface area contributed by atoms with Crippen molar-refractivity contribution in [3.05, 3.63) is 60.2 Å². The van der Waals surface area contributed by atoms with Crippen LogP contribution in [0.4, 0.5) is 5.82 Å². The number of benzene rings is 1. The first kappa shape index (κ1) is 19.6. The summed E-state index contributed by atoms with van der Waals surface area (Å²) in [7, 11) is 0. The zero-order chi connectivity index (χ0) is 21.4. The fourth-order valence-corrected chi connectivity index (χ4v) is 4.23. The molecule has 1 aromatic carbocycles. The highest BCUT2D eigenvalue weighted by molar-refractivity contribution is 5.97. The van der Waals surface area contributed by atoms with Crippen LogP contribution in [0.5, 0.6) is 5.75 Å². The maximum atomic E-state index is 6.24. The van der Waals surface area contributed by atoms with Gasteiger partial charge < -0.3 is 20.2 Å². The van der Waals surface area contributed by atoms with E-state index in [1.807, 2.05) is 25.3 Å². The number of pyridine rings is 1. The van der Waals surface area contributed by atoms with E-state index in [4.69, 9.17) is 14.9 Å². The van der Waals surface area contributed by atoms with E-state index in [0.29, 0.717) is 23.2 Å². The number of ether oxygens (including phenoxy) is 1. The van der Waals surface area contributed by atoms with Crippen LogP contribution in [0.2, 0.25) is 0 Å². The number of hydrogen-bond acceptors (Lipinski definition) is 6. The van der Waals surface area contributed by atoms with E-state index in [-0.39, 0.29) is 6.10 Å². The van der Waals surface area contributed by atoms with Crippen LogP contribution in [-0.4, -0.2) is 27.9 Å². The van der Waals surface area contributed by atoms with Gasteiger partial charge in [0.05, 0.1) is 17.6 Å². The Hall–Kier alpha value is -3.32. The van der Waals surface area contributed by atoms with Gasteiger partial charge in [-0.1, -0.05) is 29.8 Å². The zero-order valence-electron chi connectivity index (χ0n) is 17.8. The largest absolute Gasteiger partial charge is 0.479 e. The summed E-state index contributed by atoms with van der Waals surface area (Å²) in [4.78, 5) is 4.38. The maximum Gasteiger partial charge on any atom is 0.205 e. The molecule has 0 spiro atoms. The van der Waals surface area contributed by atoms with Crippen molar-refractivity contribution in [3.63, 3.8) is 0 Å². The minimum atomic E-state index is -0.189. The van der Waals surface area contributed by atoms with E-state index in [0.717, 1.165) is 48.0 Å². The monoisotopic (exact) mass is 417 g/mol. The molecule has 0 aliphatic carbocycles. The van der Waals surface area contributed by atoms with Gasteiger partial charge in [0.2, 0.25) is 5.75 Å². The maximum absolute atomic E-state index is 6.24. The highest BCUT2D eigenvalue weighted by atomic mass is 16.5. The third-order valence-corrected chi connectivity index (χ3v) is 6.00. The van der Waals surface area contributed by atoms with E-state index in [1.54, 1.807) is 12.5 Å². The first-order chi connectivity index (χ1) is 15.1. The molecule has 3 N–H and O–H groups in total. The molecule has 1 fully saturated rings. The molecule has 1 aliphatic heterocycles. The van der Waals surface area contributed by atoms with Crippen LogP contribution in [0.3, 0.4) is 0 Å². The number of aromatic nitrogens is 3. The molecular formula is C24H27N5O2. The van der Waals surface area contributed by atoms with Crippen molar-refractivity contribution in [1.82, 2.24) is 20.1 Å². The van der Waals surface area contributed by atoms with Crippen LogP contribution < -0.4 is 15.8 Å². The topological polar surface area (TPSA) is 91.1 Å². The smallest absolute Gasteiger partial charge is 0.205 e. The number of hydrogen-bond donors (Lipinski definition) is 2. The summed E-state index contributed by atoms with van der Waals surface area (Å²) in [6.07, 6.45) is 9.44. The van der Waals surface area contributed by atoms with E-state index in [9.17, 15) is 0 Å². The molecule has 3 aromatic heterocycles. The van der Waals surface area contributed by atoms with Gasteiger partial charge in [0, 0.05) is 23.5 Å². The molecule has 31 heavy (non-hydrogen) atoms. The SMILES string of the molecule is Cc1cccc(C(C)Oc2c(N)ncc3c(-c4cnn(C5CCNCC5)c4)coc23)c1. The molecule has 7 heteroatoms. The van der Waals surface area contributed by atoms with Gasteiger partial charge in [-0.15, -0.1) is 0 Å². The van der Waals surface area contributed by atoms with Crippen molar-refractivity contribution < 1.29 is 9.15 Å². The highest BCUT2D eigenvalue weighted by Gasteiger charge is 2.21. The van der Waals surface area contributed by atoms with Crippen molar-refractivity contribution in [2.45, 2.75) is 38.8 Å². The molecule has 7 nitrogen and oxygen atoms in total. The lowest BCUT2D eigenvalue weighted by Crippen LogP contribution is -2.29. The quantitative estimate of drug-likeness (QED) is 0.491. The Morgan fingerprint density at radius 1 is 1.26 bits per heavy atom. The summed E-state index contributed by atoms with van der Waals surface area (Å²) in [6.45, 7) is 6.12. The minimum absolute atomic E-state index is 0.189. The summed E-state index contributed by atoms with van der Waals surface area (Å²) in [5, 5.41) is 8.87. The van der Waals surface area contributed by atoms with Crippen LogP contribution in [0.1, 0.15) is 43.0 Å². The third-order valence-electron chi connectivity index (χ3n) is 6.00. The lowest BCUT2D eigenvalue weighted by atomic mass is 10.1. The Morgan fingerprint density at radius 2 is 2.10 bits per heavy atom. The van der Waals surface area contributed by atoms with Gasteiger partial charge in [-0.3, -0.25) is 4.68 Å². The molecule has 160 valence electrons. The Balaban J connectivity index is 1.47. The predicted octanol–water partition coefficient (Wildman–Crippen LogP) is 4.65. The van der Waals surface area contributed by atoms with Crippen LogP contribution in [0.25, 0.3) is 22.1 Å². The van der Waals surface area contributed by atoms with Crippen molar-refractivity contribution >= 4 is 16.8 Å². The second-order valence-electron chi connectivity index (χ2n) is 8.23. The number of furan rings is 1. The predicted molar refractivity (Wildman–Crippen MR) is 121 cm³/mol. The van der Waals surface area contributed by atoms with Crippen molar-refractivity contribution in [2.75, 3.05) is 18.8 Å². The number of nitrogens with one attached hydrogen (secondary N) is 1. The lowest BCUT2D eigenvalue weighted by molar-refractivity contribution is 0.227. The van der Waals surface area contributed by atoms with E-state index in [2.05, 4.69) is 45.3 Å². The van der Waals surface area contributed by atoms with Gasteiger partial charge in [0.25, 0.3) is 0 Å². The molecule has 4 heterocycles. The molecule has 1 atom stereocenters. The summed E-state index contributed by atoms with van der Waals surface area (Å²) < 4.78 is 14.2. The number of nitrogens with two attached hydrogens (primary N) is 1. The lowest BCUT2D eigenvalue weighted by Gasteiger charge is -2.22. The molecule has 1 saturated heterocycles. The van der Waals surface area contributed by atoms with Crippen LogP contribution in [0, 0.1) is 6.92 Å². The normalized spacial score (nSPS) is 15.9. The molecule has 0 saturated carbocycles. The minimum Gasteiger partial charge on any atom is -0.479 e. The van der Waals surface area contributed by atoms with Gasteiger partial charge in [-0.2, -0.15) is 5.10 Å². The second kappa shape index (κ2) is 8.07. The first-order valence-corrected chi connectivity index (χ1v) is 10.7. The van der Waals surface area contributed by atoms with Crippen LogP contribution in [0.15, 0.2) is 53.5 Å². The fourth-order valence-electron chi connectivity index (χ4n) is 4.23. The number of nitrogens with zero attached hydrogens (tertiary/aromatic N) is 3. The van der Waals surface area contributed by atoms with Gasteiger partial charge in [0.1, 0.15) is 12.4 Å². The standard InChI is InChI=1S/C24H27N5O2/c1-15-4-3-5-17(10-15)16(2)31-23-22-20(12-27-24(23)25)21(14-30-22)18-11-28-29(13-18)19-6-8-26-9-7-19/h3-5,10-14,16,19,26H,6-9H2,1-2H3,(H2,25,27). The van der Waals surface area contributed by atoms with Crippen LogP contribution in [-0.2, 0) is 0 Å². The van der Waals surface area contributed by atoms with Gasteiger partial charge >= 0.3 is 0 Å². The fraction of sp³-hybridized carbons (Fsp3) is 0.333. The first-order valence-electron chi connectivity index (χ1n) is 10.7. The molecule has 1 unspecified atom stereocenters. The average Bonchev–Trinajstić information content (AvgIpc) is 3.43. The molecule has 0 radical (unpaired) electrons. The van der Waals surface area contributed by atoms with Crippen molar-refractivity contribution in [3.8, 4) is 16.9 Å². The van der Waals surface area contributed by atoms with E-state index < -0.39 is 0 Å². The molecule has 4 aromatic rings. The van der Waals surface area contributed by atoms with Gasteiger partial charge in [-0.05, 0) is 45.3 Å². The highest BCUT2D eigenvalue weighted by Crippen LogP contribution is 2.39. The number of piperidine rings is 1. The zero-order valence-corrected chi connectivity index (χ0v) is 17.8. The summed E-state index contributed by atoms with van der Waals surface area (Å²) in [5.41, 5.74) is 11.0. The molecule has 5 rings (SSSR count). The number of fused-ring (bicyclic) bond motifs is 1. The molecule has 1 aliphatic rings. The third kappa shape index (κ3) is 3.77. The molecular weight excluding hydrogens is 390 g/mol. The van der Waals surface area contributed by atoms with Gasteiger partial charge in [-0.25, -0.2) is 4.98 Å². The Bertz CT molecular complexity index is 1210. The Labute approximate surface area is 181 Å². The second-order valence-corrected chi connectivity index (χ2v) is 8.23. The van der Waals surface area contributed by atoms with Crippen LogP contribution >= 0.6 is 0 Å². The van der Waals surface area contributed by atoms with E-state index in [1.165, 1.54) is 5.56 Å². The van der Waals surface area contributed by atoms with Crippen molar-refractivity contribution in [1.29, 1.82) is 0 Å². The Morgan fingerprint density at radius 3 is 2.90 bits per heavy atom. The number of nitrogen functional groups attached to an aromatic ring is 1. The summed E-state index contributed by atoms with van der Waals surface area (Å²) in [5.74, 6) is 0.793. The number of rotatable bonds is 5. The average molecular weight is 418 g/mol. The summed E-state index contributed by atoms with van der Waals surface area (Å²) >= 11 is 0. The van der Waals surface area contributed by atoms with Gasteiger partial charge in [0.15, 0.2) is 11.4 Å². The Kier molecular flexibility index (Phi) is 5.11. The molecule has 0 bridgehead atoms. The van der Waals surface area contributed by atoms with E-state index >= 15 is 0 Å². The summed E-state index contributed by atoms with van der Waals surface area (Å²) in [6, 6.07) is 8.67.